The number of carboxylic acid groups (broad SMARTS) is 1. The van der Waals surface area contributed by atoms with Crippen molar-refractivity contribution in [2.75, 3.05) is 19.6 Å². The van der Waals surface area contributed by atoms with Gasteiger partial charge in [-0.3, -0.25) is 14.4 Å². The van der Waals surface area contributed by atoms with Crippen LogP contribution >= 0.6 is 0 Å². The number of fused-ring (bicyclic) bond motifs is 2. The zero-order valence-electron chi connectivity index (χ0n) is 12.8. The SMILES string of the molecule is O=C(O)[C@@H]1[C@H]2CC[C@@H](C2)[C@H]1C(=O)NCCCN1CCCC1=O. The topological polar surface area (TPSA) is 86.7 Å². The quantitative estimate of drug-likeness (QED) is 0.713. The maximum atomic E-state index is 12.4. The van der Waals surface area contributed by atoms with Crippen LogP contribution in [0.25, 0.3) is 0 Å². The van der Waals surface area contributed by atoms with Crippen molar-refractivity contribution in [3.8, 4) is 0 Å². The number of rotatable bonds is 6. The second kappa shape index (κ2) is 6.26. The van der Waals surface area contributed by atoms with Gasteiger partial charge in [-0.15, -0.1) is 0 Å². The van der Waals surface area contributed by atoms with Crippen molar-refractivity contribution in [1.29, 1.82) is 0 Å². The lowest BCUT2D eigenvalue weighted by Crippen LogP contribution is -2.42. The van der Waals surface area contributed by atoms with Crippen LogP contribution in [0, 0.1) is 23.7 Å². The molecule has 2 bridgehead atoms. The van der Waals surface area contributed by atoms with Gasteiger partial charge in [0.1, 0.15) is 0 Å². The van der Waals surface area contributed by atoms with Crippen LogP contribution in [0.2, 0.25) is 0 Å². The average molecular weight is 308 g/mol. The molecule has 6 heteroatoms. The predicted octanol–water partition coefficient (Wildman–Crippen LogP) is 0.862. The number of hydrogen-bond donors (Lipinski definition) is 2. The summed E-state index contributed by atoms with van der Waals surface area (Å²) in [4.78, 5) is 37.1. The minimum Gasteiger partial charge on any atom is -0.481 e. The fourth-order valence-electron chi connectivity index (χ4n) is 4.56. The molecule has 2 N–H and O–H groups in total. The largest absolute Gasteiger partial charge is 0.481 e. The van der Waals surface area contributed by atoms with Gasteiger partial charge in [0.15, 0.2) is 0 Å². The Hall–Kier alpha value is -1.59. The van der Waals surface area contributed by atoms with Crippen LogP contribution in [-0.4, -0.2) is 47.4 Å². The van der Waals surface area contributed by atoms with E-state index in [1.165, 1.54) is 0 Å². The normalized spacial score (nSPS) is 33.5. The van der Waals surface area contributed by atoms with Gasteiger partial charge in [-0.05, 0) is 43.9 Å². The van der Waals surface area contributed by atoms with E-state index in [-0.39, 0.29) is 29.6 Å². The lowest BCUT2D eigenvalue weighted by atomic mass is 9.78. The van der Waals surface area contributed by atoms with Crippen LogP contribution in [-0.2, 0) is 14.4 Å². The Bertz CT molecular complexity index is 479. The van der Waals surface area contributed by atoms with E-state index in [1.807, 2.05) is 4.90 Å². The first kappa shape index (κ1) is 15.3. The van der Waals surface area contributed by atoms with Gasteiger partial charge in [0.05, 0.1) is 11.8 Å². The number of carbonyl (C=O) groups is 3. The molecule has 3 rings (SSSR count). The molecule has 6 nitrogen and oxygen atoms in total. The summed E-state index contributed by atoms with van der Waals surface area (Å²) in [5.41, 5.74) is 0. The summed E-state index contributed by atoms with van der Waals surface area (Å²) in [5, 5.41) is 12.3. The molecule has 1 heterocycles. The maximum absolute atomic E-state index is 12.4. The fraction of sp³-hybridized carbons (Fsp3) is 0.812. The zero-order chi connectivity index (χ0) is 15.7. The molecule has 4 atom stereocenters. The Labute approximate surface area is 130 Å². The smallest absolute Gasteiger partial charge is 0.307 e. The molecule has 0 radical (unpaired) electrons. The molecule has 22 heavy (non-hydrogen) atoms. The zero-order valence-corrected chi connectivity index (χ0v) is 12.8. The van der Waals surface area contributed by atoms with E-state index in [0.29, 0.717) is 19.5 Å². The highest BCUT2D eigenvalue weighted by Gasteiger charge is 2.53. The van der Waals surface area contributed by atoms with Crippen molar-refractivity contribution in [3.05, 3.63) is 0 Å². The fourth-order valence-corrected chi connectivity index (χ4v) is 4.56. The maximum Gasteiger partial charge on any atom is 0.307 e. The summed E-state index contributed by atoms with van der Waals surface area (Å²) in [6.07, 6.45) is 5.11. The predicted molar refractivity (Wildman–Crippen MR) is 78.9 cm³/mol. The van der Waals surface area contributed by atoms with Crippen LogP contribution in [0.4, 0.5) is 0 Å². The van der Waals surface area contributed by atoms with Crippen LogP contribution in [0.1, 0.15) is 38.5 Å². The second-order valence-corrected chi connectivity index (χ2v) is 6.85. The number of nitrogens with one attached hydrogen (secondary N) is 1. The molecular weight excluding hydrogens is 284 g/mol. The standard InChI is InChI=1S/C16H24N2O4/c19-12-3-1-7-18(12)8-2-6-17-15(20)13-10-4-5-11(9-10)14(13)16(21)22/h10-11,13-14H,1-9H2,(H,17,20)(H,21,22)/t10-,11-,13+,14+/m0/s1. The Morgan fingerprint density at radius 2 is 1.95 bits per heavy atom. The van der Waals surface area contributed by atoms with E-state index in [1.54, 1.807) is 0 Å². The summed E-state index contributed by atoms with van der Waals surface area (Å²) < 4.78 is 0. The Morgan fingerprint density at radius 1 is 1.23 bits per heavy atom. The van der Waals surface area contributed by atoms with Gasteiger partial charge in [0.2, 0.25) is 11.8 Å². The highest BCUT2D eigenvalue weighted by Crippen LogP contribution is 2.52. The lowest BCUT2D eigenvalue weighted by Gasteiger charge is -2.27. The van der Waals surface area contributed by atoms with Crippen molar-refractivity contribution < 1.29 is 19.5 Å². The van der Waals surface area contributed by atoms with Gasteiger partial charge in [0, 0.05) is 26.1 Å². The van der Waals surface area contributed by atoms with Gasteiger partial charge >= 0.3 is 5.97 Å². The molecular formula is C16H24N2O4. The van der Waals surface area contributed by atoms with Crippen LogP contribution < -0.4 is 5.32 Å². The van der Waals surface area contributed by atoms with Gasteiger partial charge in [-0.25, -0.2) is 0 Å². The summed E-state index contributed by atoms with van der Waals surface area (Å²) in [5.74, 6) is -1.16. The molecule has 0 aromatic heterocycles. The summed E-state index contributed by atoms with van der Waals surface area (Å²) >= 11 is 0. The number of amides is 2. The molecule has 0 aromatic carbocycles. The number of aliphatic carboxylic acids is 1. The van der Waals surface area contributed by atoms with Gasteiger partial charge in [-0.1, -0.05) is 0 Å². The Morgan fingerprint density at radius 3 is 2.59 bits per heavy atom. The van der Waals surface area contributed by atoms with Crippen LogP contribution in [0.15, 0.2) is 0 Å². The van der Waals surface area contributed by atoms with Crippen molar-refractivity contribution in [2.24, 2.45) is 23.7 Å². The number of carbonyl (C=O) groups excluding carboxylic acids is 2. The van der Waals surface area contributed by atoms with Crippen molar-refractivity contribution in [1.82, 2.24) is 10.2 Å². The number of likely N-dealkylation sites (tertiary alicyclic amines) is 1. The molecule has 0 spiro atoms. The van der Waals surface area contributed by atoms with E-state index >= 15 is 0 Å². The van der Waals surface area contributed by atoms with Crippen LogP contribution in [0.5, 0.6) is 0 Å². The van der Waals surface area contributed by atoms with E-state index in [2.05, 4.69) is 5.32 Å². The Balaban J connectivity index is 1.45. The minimum absolute atomic E-state index is 0.104. The van der Waals surface area contributed by atoms with Gasteiger partial charge < -0.3 is 15.3 Å². The average Bonchev–Trinajstić information content (AvgIpc) is 3.18. The highest BCUT2D eigenvalue weighted by atomic mass is 16.4. The van der Waals surface area contributed by atoms with E-state index in [4.69, 9.17) is 0 Å². The van der Waals surface area contributed by atoms with Crippen molar-refractivity contribution >= 4 is 17.8 Å². The first-order valence-electron chi connectivity index (χ1n) is 8.36. The molecule has 2 saturated carbocycles. The molecule has 122 valence electrons. The molecule has 0 aromatic rings. The van der Waals surface area contributed by atoms with Gasteiger partial charge in [-0.2, -0.15) is 0 Å². The third-order valence-corrected chi connectivity index (χ3v) is 5.58. The monoisotopic (exact) mass is 308 g/mol. The molecule has 3 fully saturated rings. The van der Waals surface area contributed by atoms with Gasteiger partial charge in [0.25, 0.3) is 0 Å². The Kier molecular flexibility index (Phi) is 4.36. The van der Waals surface area contributed by atoms with E-state index < -0.39 is 11.9 Å². The third kappa shape index (κ3) is 2.83. The summed E-state index contributed by atoms with van der Waals surface area (Å²) in [6.45, 7) is 2.02. The van der Waals surface area contributed by atoms with Crippen LogP contribution in [0.3, 0.4) is 0 Å². The van der Waals surface area contributed by atoms with Crippen molar-refractivity contribution in [2.45, 2.75) is 38.5 Å². The minimum atomic E-state index is -0.824. The molecule has 1 aliphatic heterocycles. The van der Waals surface area contributed by atoms with E-state index in [9.17, 15) is 19.5 Å². The first-order chi connectivity index (χ1) is 10.6. The van der Waals surface area contributed by atoms with E-state index in [0.717, 1.165) is 38.6 Å². The second-order valence-electron chi connectivity index (χ2n) is 6.85. The molecule has 2 amide bonds. The molecule has 3 aliphatic rings. The molecule has 2 aliphatic carbocycles. The number of carboxylic acids is 1. The number of nitrogens with zero attached hydrogens (tertiary/aromatic N) is 1. The highest BCUT2D eigenvalue weighted by molar-refractivity contribution is 5.86. The molecule has 1 saturated heterocycles. The summed E-state index contributed by atoms with van der Waals surface area (Å²) in [6, 6.07) is 0. The summed E-state index contributed by atoms with van der Waals surface area (Å²) in [7, 11) is 0. The number of hydrogen-bond acceptors (Lipinski definition) is 3. The third-order valence-electron chi connectivity index (χ3n) is 5.58. The van der Waals surface area contributed by atoms with Crippen molar-refractivity contribution in [3.63, 3.8) is 0 Å². The molecule has 0 unspecified atom stereocenters. The lowest BCUT2D eigenvalue weighted by molar-refractivity contribution is -0.149. The first-order valence-corrected chi connectivity index (χ1v) is 8.36.